The molecule has 0 fully saturated rings. The van der Waals surface area contributed by atoms with E-state index in [0.29, 0.717) is 17.2 Å². The number of nitrogens with zero attached hydrogens (tertiary/aromatic N) is 8. The van der Waals surface area contributed by atoms with Crippen LogP contribution in [0.1, 0.15) is 26.5 Å². The van der Waals surface area contributed by atoms with Crippen LogP contribution < -0.4 is 5.73 Å². The van der Waals surface area contributed by atoms with Crippen molar-refractivity contribution in [2.24, 2.45) is 17.3 Å². The third kappa shape index (κ3) is 3.21. The average Bonchev–Trinajstić information content (AvgIpc) is 3.17. The molecule has 0 unspecified atom stereocenters. The summed E-state index contributed by atoms with van der Waals surface area (Å²) in [6, 6.07) is 9.53. The highest BCUT2D eigenvalue weighted by Crippen LogP contribution is 2.38. The largest absolute Gasteiger partial charge is 0.416 e. The molecular weight excluding hydrogens is 354 g/mol. The number of aromatic nitrogens is 4. The Bertz CT molecular complexity index is 1130. The molecule has 0 bridgehead atoms. The highest BCUT2D eigenvalue weighted by atomic mass is 15.4. The second kappa shape index (κ2) is 6.97. The zero-order valence-corrected chi connectivity index (χ0v) is 16.0. The molecule has 0 amide bonds. The van der Waals surface area contributed by atoms with Gasteiger partial charge in [0.25, 0.3) is 11.6 Å². The molecule has 0 saturated heterocycles. The molecule has 0 aliphatic heterocycles. The Morgan fingerprint density at radius 2 is 1.75 bits per heavy atom. The fourth-order valence-electron chi connectivity index (χ4n) is 2.64. The van der Waals surface area contributed by atoms with Gasteiger partial charge in [0.15, 0.2) is 11.5 Å². The number of nitrogens with two attached hydrogens (primary N) is 1. The third-order valence-electron chi connectivity index (χ3n) is 4.08. The minimum Gasteiger partial charge on any atom is -0.382 e. The third-order valence-corrected chi connectivity index (χ3v) is 4.08. The summed E-state index contributed by atoms with van der Waals surface area (Å²) in [5.74, 6) is 0.622. The summed E-state index contributed by atoms with van der Waals surface area (Å²) in [4.78, 5) is 10.7. The van der Waals surface area contributed by atoms with Crippen molar-refractivity contribution in [2.75, 3.05) is 5.73 Å². The molecule has 0 radical (unpaired) electrons. The van der Waals surface area contributed by atoms with Crippen molar-refractivity contribution < 1.29 is 0 Å². The number of azo groups is 1. The van der Waals surface area contributed by atoms with E-state index >= 15 is 0 Å². The van der Waals surface area contributed by atoms with Crippen LogP contribution in [0.3, 0.4) is 0 Å². The Labute approximate surface area is 162 Å². The van der Waals surface area contributed by atoms with Gasteiger partial charge in [-0.3, -0.25) is 0 Å². The van der Waals surface area contributed by atoms with Crippen molar-refractivity contribution in [2.45, 2.75) is 26.2 Å². The van der Waals surface area contributed by atoms with Gasteiger partial charge in [-0.1, -0.05) is 62.2 Å². The fraction of sp³-hybridized carbons (Fsp3) is 0.263. The molecule has 1 aromatic carbocycles. The quantitative estimate of drug-likeness (QED) is 0.517. The number of para-hydroxylation sites is 1. The lowest BCUT2D eigenvalue weighted by atomic mass is 9.91. The molecule has 3 rings (SSSR count). The van der Waals surface area contributed by atoms with E-state index in [9.17, 15) is 0 Å². The van der Waals surface area contributed by atoms with Gasteiger partial charge in [0.2, 0.25) is 0 Å². The molecule has 0 spiro atoms. The Kier molecular flexibility index (Phi) is 4.68. The second-order valence-corrected chi connectivity index (χ2v) is 7.12. The highest BCUT2D eigenvalue weighted by molar-refractivity contribution is 5.67. The van der Waals surface area contributed by atoms with E-state index in [1.165, 1.54) is 4.57 Å². The lowest BCUT2D eigenvalue weighted by molar-refractivity contribution is 0.561. The van der Waals surface area contributed by atoms with Crippen LogP contribution >= 0.6 is 0 Å². The first-order valence-electron chi connectivity index (χ1n) is 8.45. The smallest absolute Gasteiger partial charge is 0.382 e. The van der Waals surface area contributed by atoms with E-state index in [2.05, 4.69) is 30.0 Å². The molecule has 0 saturated carbocycles. The Hall–Kier alpha value is -3.98. The molecule has 0 aliphatic carbocycles. The summed E-state index contributed by atoms with van der Waals surface area (Å²) in [7, 11) is 1.62. The van der Waals surface area contributed by atoms with Crippen LogP contribution in [0.2, 0.25) is 0 Å². The van der Waals surface area contributed by atoms with Crippen LogP contribution in [-0.4, -0.2) is 19.3 Å². The summed E-state index contributed by atoms with van der Waals surface area (Å²) in [5.41, 5.74) is 7.95. The molecule has 140 valence electrons. The van der Waals surface area contributed by atoms with Crippen LogP contribution in [0, 0.1) is 13.1 Å². The van der Waals surface area contributed by atoms with Crippen molar-refractivity contribution in [1.82, 2.24) is 19.3 Å². The normalized spacial score (nSPS) is 11.5. The van der Waals surface area contributed by atoms with Crippen LogP contribution in [0.4, 0.5) is 29.1 Å². The first-order chi connectivity index (χ1) is 13.3. The van der Waals surface area contributed by atoms with Gasteiger partial charge in [-0.05, 0) is 12.1 Å². The van der Waals surface area contributed by atoms with Crippen molar-refractivity contribution in [1.29, 1.82) is 0 Å². The number of benzene rings is 1. The van der Waals surface area contributed by atoms with Crippen LogP contribution in [0.15, 0.2) is 40.6 Å². The molecule has 2 aromatic heterocycles. The summed E-state index contributed by atoms with van der Waals surface area (Å²) in [6.45, 7) is 20.4. The molecule has 9 heteroatoms. The topological polar surface area (TPSA) is 95.1 Å². The summed E-state index contributed by atoms with van der Waals surface area (Å²) in [5, 5.41) is 13.1. The highest BCUT2D eigenvalue weighted by Gasteiger charge is 2.27. The number of nitrogen functional groups attached to an aromatic ring is 1. The van der Waals surface area contributed by atoms with Gasteiger partial charge < -0.3 is 15.4 Å². The maximum Gasteiger partial charge on any atom is 0.416 e. The molecule has 2 heterocycles. The van der Waals surface area contributed by atoms with Gasteiger partial charge in [-0.25, -0.2) is 9.25 Å². The van der Waals surface area contributed by atoms with E-state index < -0.39 is 0 Å². The van der Waals surface area contributed by atoms with E-state index in [0.717, 1.165) is 5.69 Å². The van der Waals surface area contributed by atoms with Crippen molar-refractivity contribution in [3.8, 4) is 5.69 Å². The first kappa shape index (κ1) is 18.8. The zero-order valence-electron chi connectivity index (χ0n) is 16.0. The maximum atomic E-state index is 7.20. The van der Waals surface area contributed by atoms with Gasteiger partial charge in [-0.2, -0.15) is 5.10 Å². The molecular formula is C19H19N9. The summed E-state index contributed by atoms with van der Waals surface area (Å²) >= 11 is 0. The molecule has 0 aliphatic rings. The lowest BCUT2D eigenvalue weighted by Gasteiger charge is -2.15. The number of anilines is 1. The standard InChI is InChI=1S/C19H19N9/c1-19(2,3)14-13(15(20)28(26-14)12-10-8-7-9-11-12)24-25-18-23-16(21-4)17(22-5)27(18)6/h7-11H,20H2,1-3,6H3. The van der Waals surface area contributed by atoms with Gasteiger partial charge in [0, 0.05) is 5.41 Å². The number of imidazole rings is 1. The van der Waals surface area contributed by atoms with E-state index in [1.807, 2.05) is 51.1 Å². The van der Waals surface area contributed by atoms with Crippen molar-refractivity contribution in [3.05, 3.63) is 58.9 Å². The first-order valence-corrected chi connectivity index (χ1v) is 8.45. The van der Waals surface area contributed by atoms with Crippen LogP contribution in [0.5, 0.6) is 0 Å². The second-order valence-electron chi connectivity index (χ2n) is 7.12. The van der Waals surface area contributed by atoms with Gasteiger partial charge in [0.05, 0.1) is 18.4 Å². The molecule has 9 nitrogen and oxygen atoms in total. The van der Waals surface area contributed by atoms with E-state index in [4.69, 9.17) is 18.9 Å². The lowest BCUT2D eigenvalue weighted by Crippen LogP contribution is -2.13. The van der Waals surface area contributed by atoms with Gasteiger partial charge >= 0.3 is 5.95 Å². The monoisotopic (exact) mass is 373 g/mol. The van der Waals surface area contributed by atoms with E-state index in [1.54, 1.807) is 11.7 Å². The molecule has 3 aromatic rings. The minimum atomic E-state index is -0.326. The van der Waals surface area contributed by atoms with Crippen molar-refractivity contribution >= 4 is 29.1 Å². The zero-order chi connectivity index (χ0) is 20.5. The number of hydrogen-bond donors (Lipinski definition) is 1. The predicted octanol–water partition coefficient (Wildman–Crippen LogP) is 5.00. The fourth-order valence-corrected chi connectivity index (χ4v) is 2.64. The van der Waals surface area contributed by atoms with Crippen LogP contribution in [-0.2, 0) is 12.5 Å². The van der Waals surface area contributed by atoms with Crippen LogP contribution in [0.25, 0.3) is 15.4 Å². The Morgan fingerprint density at radius 1 is 1.07 bits per heavy atom. The predicted molar refractivity (Wildman–Crippen MR) is 107 cm³/mol. The molecule has 28 heavy (non-hydrogen) atoms. The minimum absolute atomic E-state index is 0.00422. The Morgan fingerprint density at radius 3 is 2.29 bits per heavy atom. The number of rotatable bonds is 3. The van der Waals surface area contributed by atoms with E-state index in [-0.39, 0.29) is 23.0 Å². The van der Waals surface area contributed by atoms with Crippen molar-refractivity contribution in [3.63, 3.8) is 0 Å². The summed E-state index contributed by atoms with van der Waals surface area (Å²) < 4.78 is 3.06. The Balaban J connectivity index is 2.14. The van der Waals surface area contributed by atoms with Gasteiger partial charge in [0.1, 0.15) is 0 Å². The summed E-state index contributed by atoms with van der Waals surface area (Å²) in [6.07, 6.45) is 0. The molecule has 0 atom stereocenters. The maximum absolute atomic E-state index is 7.20. The molecule has 2 N–H and O–H groups in total. The SMILES string of the molecule is [C-]#[N+]c1nc(N=Nc2c(C(C)(C)C)nn(-c3ccccc3)c2N)n(C)c1[N+]#[C-]. The van der Waals surface area contributed by atoms with Gasteiger partial charge in [-0.15, -0.1) is 5.11 Å². The number of hydrogen-bond acceptors (Lipinski definition) is 5. The average molecular weight is 373 g/mol.